The second kappa shape index (κ2) is 8.67. The standard InChI is InChI=1S/C23H19N3O2S/c1-28-20-8-6-19(7-9-20)25-22(27)14-16-2-4-17(5-3-16)21-15-29-23(26-21)18-10-12-24-13-11-18/h2-13,15H,14H2,1H3,(H,25,27). The number of aromatic nitrogens is 2. The molecule has 1 N–H and O–H groups in total. The second-order valence-corrected chi connectivity index (χ2v) is 7.28. The normalized spacial score (nSPS) is 10.5. The van der Waals surface area contributed by atoms with Gasteiger partial charge in [-0.05, 0) is 42.0 Å². The van der Waals surface area contributed by atoms with Gasteiger partial charge in [0.25, 0.3) is 0 Å². The molecule has 0 aliphatic heterocycles. The zero-order chi connectivity index (χ0) is 20.1. The number of nitrogens with zero attached hydrogens (tertiary/aromatic N) is 2. The molecule has 4 rings (SSSR count). The fraction of sp³-hybridized carbons (Fsp3) is 0.0870. The summed E-state index contributed by atoms with van der Waals surface area (Å²) >= 11 is 1.60. The van der Waals surface area contributed by atoms with Crippen LogP contribution in [0.25, 0.3) is 21.8 Å². The van der Waals surface area contributed by atoms with E-state index in [1.165, 1.54) is 0 Å². The van der Waals surface area contributed by atoms with Gasteiger partial charge in [0, 0.05) is 34.6 Å². The Kier molecular flexibility index (Phi) is 5.63. The number of thiazole rings is 1. The number of benzene rings is 2. The summed E-state index contributed by atoms with van der Waals surface area (Å²) < 4.78 is 5.12. The summed E-state index contributed by atoms with van der Waals surface area (Å²) in [4.78, 5) is 21.0. The minimum absolute atomic E-state index is 0.0588. The Morgan fingerprint density at radius 2 is 1.69 bits per heavy atom. The molecule has 0 fully saturated rings. The van der Waals surface area contributed by atoms with Gasteiger partial charge in [0.2, 0.25) is 5.91 Å². The Bertz CT molecular complexity index is 1090. The van der Waals surface area contributed by atoms with Crippen molar-refractivity contribution in [1.29, 1.82) is 0 Å². The zero-order valence-corrected chi connectivity index (χ0v) is 16.6. The van der Waals surface area contributed by atoms with Gasteiger partial charge in [-0.1, -0.05) is 24.3 Å². The highest BCUT2D eigenvalue weighted by Gasteiger charge is 2.08. The molecule has 2 aromatic heterocycles. The van der Waals surface area contributed by atoms with Gasteiger partial charge in [-0.25, -0.2) is 4.98 Å². The number of amides is 1. The van der Waals surface area contributed by atoms with Crippen molar-refractivity contribution < 1.29 is 9.53 Å². The molecule has 0 bridgehead atoms. The third-order valence-electron chi connectivity index (χ3n) is 4.42. The van der Waals surface area contributed by atoms with Gasteiger partial charge in [-0.2, -0.15) is 0 Å². The lowest BCUT2D eigenvalue weighted by Crippen LogP contribution is -2.14. The molecule has 0 aliphatic carbocycles. The van der Waals surface area contributed by atoms with Crippen LogP contribution in [0.2, 0.25) is 0 Å². The molecular formula is C23H19N3O2S. The highest BCUT2D eigenvalue weighted by atomic mass is 32.1. The number of anilines is 1. The van der Waals surface area contributed by atoms with Crippen molar-refractivity contribution in [3.63, 3.8) is 0 Å². The number of ether oxygens (including phenoxy) is 1. The van der Waals surface area contributed by atoms with Crippen LogP contribution >= 0.6 is 11.3 Å². The summed E-state index contributed by atoms with van der Waals surface area (Å²) in [7, 11) is 1.61. The summed E-state index contributed by atoms with van der Waals surface area (Å²) in [6.45, 7) is 0. The van der Waals surface area contributed by atoms with E-state index in [9.17, 15) is 4.79 Å². The number of methoxy groups -OCH3 is 1. The van der Waals surface area contributed by atoms with Gasteiger partial charge < -0.3 is 10.1 Å². The first-order valence-corrected chi connectivity index (χ1v) is 9.98. The Balaban J connectivity index is 1.40. The minimum Gasteiger partial charge on any atom is -0.497 e. The van der Waals surface area contributed by atoms with E-state index in [1.54, 1.807) is 30.8 Å². The van der Waals surface area contributed by atoms with Crippen molar-refractivity contribution in [3.8, 4) is 27.6 Å². The third kappa shape index (κ3) is 4.67. The summed E-state index contributed by atoms with van der Waals surface area (Å²) in [5.74, 6) is 0.698. The zero-order valence-electron chi connectivity index (χ0n) is 15.8. The molecule has 0 radical (unpaired) electrons. The van der Waals surface area contributed by atoms with Crippen LogP contribution in [0.15, 0.2) is 78.4 Å². The van der Waals surface area contributed by atoms with Crippen LogP contribution in [0.5, 0.6) is 5.75 Å². The highest BCUT2D eigenvalue weighted by Crippen LogP contribution is 2.28. The molecule has 0 spiro atoms. The van der Waals surface area contributed by atoms with Crippen LogP contribution in [-0.2, 0) is 11.2 Å². The highest BCUT2D eigenvalue weighted by molar-refractivity contribution is 7.13. The predicted octanol–water partition coefficient (Wildman–Crippen LogP) is 5.06. The second-order valence-electron chi connectivity index (χ2n) is 6.42. The molecule has 4 aromatic rings. The van der Waals surface area contributed by atoms with Crippen molar-refractivity contribution in [2.24, 2.45) is 0 Å². The molecular weight excluding hydrogens is 382 g/mol. The van der Waals surface area contributed by atoms with E-state index < -0.39 is 0 Å². The van der Waals surface area contributed by atoms with Crippen molar-refractivity contribution in [1.82, 2.24) is 9.97 Å². The first kappa shape index (κ1) is 18.8. The molecule has 2 heterocycles. The van der Waals surface area contributed by atoms with Crippen molar-refractivity contribution in [2.45, 2.75) is 6.42 Å². The molecule has 0 atom stereocenters. The number of pyridine rings is 1. The number of carbonyl (C=O) groups excluding carboxylic acids is 1. The van der Waals surface area contributed by atoms with E-state index in [0.717, 1.165) is 38.8 Å². The van der Waals surface area contributed by atoms with Crippen LogP contribution in [0, 0.1) is 0 Å². The van der Waals surface area contributed by atoms with Gasteiger partial charge in [-0.3, -0.25) is 9.78 Å². The summed E-state index contributed by atoms with van der Waals surface area (Å²) in [6.07, 6.45) is 3.84. The molecule has 0 saturated carbocycles. The first-order valence-electron chi connectivity index (χ1n) is 9.10. The first-order chi connectivity index (χ1) is 14.2. The lowest BCUT2D eigenvalue weighted by Gasteiger charge is -2.07. The maximum Gasteiger partial charge on any atom is 0.228 e. The van der Waals surface area contributed by atoms with Gasteiger partial charge in [0.05, 0.1) is 19.2 Å². The number of hydrogen-bond donors (Lipinski definition) is 1. The number of hydrogen-bond acceptors (Lipinski definition) is 5. The Morgan fingerprint density at radius 1 is 0.966 bits per heavy atom. The van der Waals surface area contributed by atoms with Crippen LogP contribution in [0.4, 0.5) is 5.69 Å². The molecule has 0 saturated heterocycles. The van der Waals surface area contributed by atoms with Gasteiger partial charge >= 0.3 is 0 Å². The molecule has 6 heteroatoms. The quantitative estimate of drug-likeness (QED) is 0.490. The summed E-state index contributed by atoms with van der Waals surface area (Å²) in [6, 6.07) is 19.1. The average molecular weight is 401 g/mol. The molecule has 2 aromatic carbocycles. The monoisotopic (exact) mass is 401 g/mol. The fourth-order valence-corrected chi connectivity index (χ4v) is 3.73. The van der Waals surface area contributed by atoms with Crippen molar-refractivity contribution in [2.75, 3.05) is 12.4 Å². The van der Waals surface area contributed by atoms with Gasteiger partial charge in [-0.15, -0.1) is 11.3 Å². The van der Waals surface area contributed by atoms with Crippen LogP contribution in [0.1, 0.15) is 5.56 Å². The fourth-order valence-electron chi connectivity index (χ4n) is 2.89. The predicted molar refractivity (Wildman–Crippen MR) is 116 cm³/mol. The lowest BCUT2D eigenvalue weighted by atomic mass is 10.1. The van der Waals surface area contributed by atoms with E-state index in [0.29, 0.717) is 6.42 Å². The summed E-state index contributed by atoms with van der Waals surface area (Å²) in [5, 5.41) is 5.91. The largest absolute Gasteiger partial charge is 0.497 e. The van der Waals surface area contributed by atoms with E-state index in [2.05, 4.69) is 10.3 Å². The third-order valence-corrected chi connectivity index (χ3v) is 5.31. The molecule has 0 aliphatic rings. The minimum atomic E-state index is -0.0588. The van der Waals surface area contributed by atoms with Crippen molar-refractivity contribution >= 4 is 22.9 Å². The molecule has 1 amide bonds. The summed E-state index contributed by atoms with van der Waals surface area (Å²) in [5.41, 5.74) is 4.71. The van der Waals surface area contributed by atoms with E-state index in [-0.39, 0.29) is 5.91 Å². The van der Waals surface area contributed by atoms with E-state index >= 15 is 0 Å². The average Bonchev–Trinajstić information content (AvgIpc) is 3.26. The molecule has 5 nitrogen and oxygen atoms in total. The number of nitrogens with one attached hydrogen (secondary N) is 1. The molecule has 0 unspecified atom stereocenters. The Morgan fingerprint density at radius 3 is 2.38 bits per heavy atom. The smallest absolute Gasteiger partial charge is 0.228 e. The van der Waals surface area contributed by atoms with Gasteiger partial charge in [0.1, 0.15) is 10.8 Å². The maximum atomic E-state index is 12.3. The van der Waals surface area contributed by atoms with E-state index in [4.69, 9.17) is 9.72 Å². The molecule has 144 valence electrons. The van der Waals surface area contributed by atoms with E-state index in [1.807, 2.05) is 66.0 Å². The topological polar surface area (TPSA) is 64.1 Å². The molecule has 29 heavy (non-hydrogen) atoms. The SMILES string of the molecule is COc1ccc(NC(=O)Cc2ccc(-c3csc(-c4ccncc4)n3)cc2)cc1. The van der Waals surface area contributed by atoms with Crippen LogP contribution < -0.4 is 10.1 Å². The Hall–Kier alpha value is -3.51. The maximum absolute atomic E-state index is 12.3. The van der Waals surface area contributed by atoms with Gasteiger partial charge in [0.15, 0.2) is 0 Å². The van der Waals surface area contributed by atoms with Crippen LogP contribution in [0.3, 0.4) is 0 Å². The number of carbonyl (C=O) groups is 1. The van der Waals surface area contributed by atoms with Crippen molar-refractivity contribution in [3.05, 3.63) is 84.0 Å². The number of rotatable bonds is 6. The van der Waals surface area contributed by atoms with Crippen LogP contribution in [-0.4, -0.2) is 23.0 Å². The lowest BCUT2D eigenvalue weighted by molar-refractivity contribution is -0.115. The Labute approximate surface area is 173 Å².